The molecule has 236 valence electrons. The summed E-state index contributed by atoms with van der Waals surface area (Å²) in [7, 11) is 0. The molecule has 0 radical (unpaired) electrons. The Labute approximate surface area is 269 Å². The molecule has 3 fully saturated rings. The minimum absolute atomic E-state index is 0.0283. The maximum Gasteiger partial charge on any atom is 0.319 e. The number of hydrogen-bond donors (Lipinski definition) is 2. The number of aromatic nitrogens is 2. The monoisotopic (exact) mass is 633 g/mol. The third kappa shape index (κ3) is 4.77. The van der Waals surface area contributed by atoms with E-state index in [1.54, 1.807) is 12.3 Å². The summed E-state index contributed by atoms with van der Waals surface area (Å²) < 4.78 is 54.4. The van der Waals surface area contributed by atoms with Crippen molar-refractivity contribution in [2.24, 2.45) is 0 Å². The van der Waals surface area contributed by atoms with Gasteiger partial charge in [0.05, 0.1) is 23.2 Å². The minimum Gasteiger partial charge on any atom is -0.461 e. The van der Waals surface area contributed by atoms with Crippen LogP contribution in [0.25, 0.3) is 37.6 Å². The largest absolute Gasteiger partial charge is 0.461 e. The molecule has 3 N–H and O–H groups in total. The zero-order chi connectivity index (χ0) is 32.4. The van der Waals surface area contributed by atoms with E-state index in [2.05, 4.69) is 38.1 Å². The van der Waals surface area contributed by atoms with Gasteiger partial charge >= 0.3 is 6.01 Å². The fourth-order valence-corrected chi connectivity index (χ4v) is 7.87. The number of ether oxygens (including phenoxy) is 1. The van der Waals surface area contributed by atoms with E-state index in [0.29, 0.717) is 37.3 Å². The van der Waals surface area contributed by atoms with Crippen LogP contribution in [0.15, 0.2) is 54.3 Å². The zero-order valence-electron chi connectivity index (χ0n) is 25.4. The molecule has 2 unspecified atom stereocenters. The third-order valence-electron chi connectivity index (χ3n) is 9.89. The van der Waals surface area contributed by atoms with E-state index in [1.165, 1.54) is 24.3 Å². The van der Waals surface area contributed by atoms with Crippen molar-refractivity contribution in [3.63, 3.8) is 0 Å². The average molecular weight is 634 g/mol. The van der Waals surface area contributed by atoms with Crippen LogP contribution in [0.4, 0.5) is 24.7 Å². The molecule has 1 aromatic heterocycles. The Hall–Kier alpha value is -5.10. The van der Waals surface area contributed by atoms with Crippen molar-refractivity contribution in [3.8, 4) is 29.5 Å². The first-order valence-electron chi connectivity index (χ1n) is 15.6. The van der Waals surface area contributed by atoms with Gasteiger partial charge in [0, 0.05) is 48.2 Å². The number of hydrogen-bond acceptors (Lipinski definition) is 7. The highest BCUT2D eigenvalue weighted by molar-refractivity contribution is 6.05. The summed E-state index contributed by atoms with van der Waals surface area (Å²) in [5.74, 6) is 0.191. The molecule has 3 aromatic carbocycles. The molecule has 8 rings (SSSR count). The molecule has 0 amide bonds. The minimum atomic E-state index is -0.951. The lowest BCUT2D eigenvalue weighted by Gasteiger charge is -2.35. The van der Waals surface area contributed by atoms with Crippen LogP contribution in [0, 0.1) is 36.4 Å². The van der Waals surface area contributed by atoms with Gasteiger partial charge in [-0.1, -0.05) is 29.7 Å². The fourth-order valence-electron chi connectivity index (χ4n) is 7.87. The molecule has 0 saturated carbocycles. The van der Waals surface area contributed by atoms with E-state index in [1.807, 2.05) is 4.90 Å². The van der Waals surface area contributed by atoms with Crippen LogP contribution < -0.4 is 20.7 Å². The van der Waals surface area contributed by atoms with Gasteiger partial charge in [-0.15, -0.1) is 6.42 Å². The van der Waals surface area contributed by atoms with Crippen molar-refractivity contribution in [1.29, 1.82) is 0 Å². The number of nitrogens with two attached hydrogens (primary N) is 1. The van der Waals surface area contributed by atoms with Gasteiger partial charge in [-0.25, -0.2) is 18.0 Å². The summed E-state index contributed by atoms with van der Waals surface area (Å²) in [5, 5.41) is 4.30. The van der Waals surface area contributed by atoms with Crippen LogP contribution in [0.5, 0.6) is 6.01 Å². The van der Waals surface area contributed by atoms with Gasteiger partial charge in [0.1, 0.15) is 29.6 Å². The summed E-state index contributed by atoms with van der Waals surface area (Å²) in [4.78, 5) is 17.1. The Balaban J connectivity index is 1.29. The molecule has 4 aliphatic rings. The van der Waals surface area contributed by atoms with Crippen LogP contribution in [0.3, 0.4) is 0 Å². The highest BCUT2D eigenvalue weighted by Crippen LogP contribution is 2.43. The Morgan fingerprint density at radius 3 is 2.72 bits per heavy atom. The van der Waals surface area contributed by atoms with E-state index in [9.17, 15) is 4.39 Å². The summed E-state index contributed by atoms with van der Waals surface area (Å²) in [5.41, 5.74) is 6.52. The predicted molar refractivity (Wildman–Crippen MR) is 175 cm³/mol. The number of benzene rings is 3. The topological polar surface area (TPSA) is 83.9 Å². The van der Waals surface area contributed by atoms with Crippen molar-refractivity contribution >= 4 is 33.2 Å². The van der Waals surface area contributed by atoms with Gasteiger partial charge < -0.3 is 20.7 Å². The Morgan fingerprint density at radius 1 is 1.15 bits per heavy atom. The number of nitrogens with one attached hydrogen (secondary N) is 1. The molecule has 0 spiro atoms. The Bertz CT molecular complexity index is 2120. The standard InChI is InChI=1S/C36H30F3N7O/c1-3-25-28(37)8-5-21-11-22(40)12-26(30(21)25)31-29(38)13-27-33(32(31)39)43-35(44-34(27)45-17-23-6-7-24(18-45)42-23)47-19-36-9-4-10-46(36)16-20(14-36)15-41-2/h1,5-8,11-13,15,23-24,42H,4,9-10,14,16-19,40H2/b20-15+/t23?,24?,36-/m0/s1. The highest BCUT2D eigenvalue weighted by atomic mass is 19.1. The molecule has 3 saturated heterocycles. The Kier molecular flexibility index (Phi) is 6.87. The molecule has 4 aliphatic heterocycles. The van der Waals surface area contributed by atoms with E-state index in [-0.39, 0.29) is 63.3 Å². The maximum absolute atomic E-state index is 16.9. The van der Waals surface area contributed by atoms with E-state index in [4.69, 9.17) is 28.4 Å². The van der Waals surface area contributed by atoms with Gasteiger partial charge in [-0.3, -0.25) is 4.90 Å². The van der Waals surface area contributed by atoms with Gasteiger partial charge in [-0.05, 0) is 61.0 Å². The molecule has 8 nitrogen and oxygen atoms in total. The second kappa shape index (κ2) is 11.0. The smallest absolute Gasteiger partial charge is 0.319 e. The number of nitrogens with zero attached hydrogens (tertiary/aromatic N) is 5. The Morgan fingerprint density at radius 2 is 1.96 bits per heavy atom. The SMILES string of the molecule is [C-]#[N+]/C=C1/CN2CCC[C@@]2(COc2nc(N3CC4C=CC(C3)N4)c3cc(F)c(-c4cc(N)cc5ccc(F)c(C#C)c45)c(F)c3n2)C1. The molecule has 47 heavy (non-hydrogen) atoms. The van der Waals surface area contributed by atoms with Gasteiger partial charge in [-0.2, -0.15) is 9.97 Å². The predicted octanol–water partition coefficient (Wildman–Crippen LogP) is 5.57. The quantitative estimate of drug-likeness (QED) is 0.129. The van der Waals surface area contributed by atoms with Crippen molar-refractivity contribution in [3.05, 3.63) is 88.7 Å². The third-order valence-corrected chi connectivity index (χ3v) is 9.89. The molecule has 4 aromatic rings. The van der Waals surface area contributed by atoms with Gasteiger partial charge in [0.15, 0.2) is 12.0 Å². The van der Waals surface area contributed by atoms with E-state index < -0.39 is 23.0 Å². The van der Waals surface area contributed by atoms with E-state index in [0.717, 1.165) is 25.0 Å². The fraction of sp³-hybridized carbons (Fsp3) is 0.306. The molecule has 11 heteroatoms. The molecular formula is C36H30F3N7O. The first-order chi connectivity index (χ1) is 22.8. The molecule has 5 heterocycles. The number of nitrogen functional groups attached to an aromatic ring is 1. The average Bonchev–Trinajstić information content (AvgIpc) is 3.71. The lowest BCUT2D eigenvalue weighted by Crippen LogP contribution is -2.52. The van der Waals surface area contributed by atoms with Crippen molar-refractivity contribution < 1.29 is 17.9 Å². The highest BCUT2D eigenvalue weighted by Gasteiger charge is 2.47. The first-order valence-corrected chi connectivity index (χ1v) is 15.6. The number of rotatable bonds is 5. The van der Waals surface area contributed by atoms with Crippen LogP contribution in [-0.4, -0.2) is 65.3 Å². The molecule has 2 bridgehead atoms. The number of terminal acetylenes is 1. The van der Waals surface area contributed by atoms with Crippen molar-refractivity contribution in [1.82, 2.24) is 20.2 Å². The molecule has 3 atom stereocenters. The van der Waals surface area contributed by atoms with Crippen molar-refractivity contribution in [2.75, 3.05) is 43.4 Å². The number of fused-ring (bicyclic) bond motifs is 5. The van der Waals surface area contributed by atoms with Crippen LogP contribution in [0.1, 0.15) is 24.8 Å². The molecule has 0 aliphatic carbocycles. The van der Waals surface area contributed by atoms with Crippen LogP contribution >= 0.6 is 0 Å². The normalized spacial score (nSPS) is 24.3. The number of halogens is 3. The summed E-state index contributed by atoms with van der Waals surface area (Å²) in [6, 6.07) is 7.00. The molecular weight excluding hydrogens is 603 g/mol. The summed E-state index contributed by atoms with van der Waals surface area (Å²) in [6.07, 6.45) is 14.0. The first kappa shape index (κ1) is 29.3. The summed E-state index contributed by atoms with van der Waals surface area (Å²) >= 11 is 0. The van der Waals surface area contributed by atoms with Crippen molar-refractivity contribution in [2.45, 2.75) is 36.9 Å². The van der Waals surface area contributed by atoms with E-state index >= 15 is 8.78 Å². The van der Waals surface area contributed by atoms with Gasteiger partial charge in [0.2, 0.25) is 0 Å². The zero-order valence-corrected chi connectivity index (χ0v) is 25.4. The summed E-state index contributed by atoms with van der Waals surface area (Å²) in [6.45, 7) is 10.2. The van der Waals surface area contributed by atoms with Crippen LogP contribution in [0.2, 0.25) is 0 Å². The lowest BCUT2D eigenvalue weighted by atomic mass is 9.92. The second-order valence-corrected chi connectivity index (χ2v) is 12.8. The van der Waals surface area contributed by atoms with Crippen LogP contribution in [-0.2, 0) is 0 Å². The van der Waals surface area contributed by atoms with Gasteiger partial charge in [0.25, 0.3) is 0 Å². The number of anilines is 2. The maximum atomic E-state index is 16.9. The lowest BCUT2D eigenvalue weighted by molar-refractivity contribution is 0.108. The number of piperazine rings is 1. The second-order valence-electron chi connectivity index (χ2n) is 12.8.